The second kappa shape index (κ2) is 5.53. The lowest BCUT2D eigenvalue weighted by atomic mass is 10.2. The first-order chi connectivity index (χ1) is 7.88. The first-order valence-electron chi connectivity index (χ1n) is 5.24. The zero-order valence-corrected chi connectivity index (χ0v) is 10.2. The molecule has 1 aromatic rings. The summed E-state index contributed by atoms with van der Waals surface area (Å²) < 4.78 is 37.2. The molecule has 0 aliphatic carbocycles. The van der Waals surface area contributed by atoms with E-state index in [4.69, 9.17) is 11.6 Å². The van der Waals surface area contributed by atoms with Crippen molar-refractivity contribution in [3.05, 3.63) is 16.9 Å². The lowest BCUT2D eigenvalue weighted by Gasteiger charge is -2.15. The van der Waals surface area contributed by atoms with Gasteiger partial charge >= 0.3 is 6.18 Å². The molecule has 0 aliphatic rings. The van der Waals surface area contributed by atoms with E-state index in [-0.39, 0.29) is 12.0 Å². The Bertz CT molecular complexity index is 378. The maximum atomic E-state index is 12.4. The van der Waals surface area contributed by atoms with E-state index < -0.39 is 16.9 Å². The lowest BCUT2D eigenvalue weighted by molar-refractivity contribution is -0.137. The Balaban J connectivity index is 2.89. The van der Waals surface area contributed by atoms with E-state index in [1.165, 1.54) is 0 Å². The maximum absolute atomic E-state index is 12.4. The highest BCUT2D eigenvalue weighted by atomic mass is 35.5. The van der Waals surface area contributed by atoms with E-state index >= 15 is 0 Å². The summed E-state index contributed by atoms with van der Waals surface area (Å²) >= 11 is 5.47. The van der Waals surface area contributed by atoms with Crippen LogP contribution in [0.3, 0.4) is 0 Å². The molecule has 0 unspecified atom stereocenters. The molecule has 0 saturated heterocycles. The van der Waals surface area contributed by atoms with Crippen molar-refractivity contribution in [2.24, 2.45) is 0 Å². The Morgan fingerprint density at radius 3 is 2.35 bits per heavy atom. The van der Waals surface area contributed by atoms with Crippen molar-refractivity contribution in [1.29, 1.82) is 0 Å². The van der Waals surface area contributed by atoms with Crippen LogP contribution in [0.25, 0.3) is 0 Å². The van der Waals surface area contributed by atoms with Crippen LogP contribution in [0.5, 0.6) is 0 Å². The summed E-state index contributed by atoms with van der Waals surface area (Å²) in [6.45, 7) is 3.93. The highest BCUT2D eigenvalue weighted by Gasteiger charge is 2.34. The molecule has 0 spiro atoms. The standard InChI is InChI=1S/C10H13ClF3N3/c1-3-6(4-2)16-9-15-5-7(8(11)17-9)10(12,13)14/h5-6H,3-4H2,1-2H3,(H,15,16,17). The molecule has 0 bridgehead atoms. The van der Waals surface area contributed by atoms with Crippen LogP contribution in [0.2, 0.25) is 5.15 Å². The van der Waals surface area contributed by atoms with Crippen molar-refractivity contribution >= 4 is 17.5 Å². The topological polar surface area (TPSA) is 37.8 Å². The van der Waals surface area contributed by atoms with Crippen LogP contribution < -0.4 is 5.32 Å². The third-order valence-electron chi connectivity index (χ3n) is 2.37. The fourth-order valence-corrected chi connectivity index (χ4v) is 1.53. The van der Waals surface area contributed by atoms with Crippen molar-refractivity contribution in [2.45, 2.75) is 38.9 Å². The van der Waals surface area contributed by atoms with E-state index in [2.05, 4.69) is 15.3 Å². The molecule has 0 fully saturated rings. The fourth-order valence-electron chi connectivity index (χ4n) is 1.30. The Labute approximate surface area is 102 Å². The molecule has 0 amide bonds. The molecule has 96 valence electrons. The summed E-state index contributed by atoms with van der Waals surface area (Å²) in [7, 11) is 0. The largest absolute Gasteiger partial charge is 0.420 e. The number of aromatic nitrogens is 2. The van der Waals surface area contributed by atoms with Gasteiger partial charge in [-0.1, -0.05) is 25.4 Å². The molecular formula is C10H13ClF3N3. The number of hydrogen-bond acceptors (Lipinski definition) is 3. The number of halogens is 4. The highest BCUT2D eigenvalue weighted by molar-refractivity contribution is 6.30. The Hall–Kier alpha value is -1.04. The number of nitrogens with one attached hydrogen (secondary N) is 1. The van der Waals surface area contributed by atoms with E-state index in [9.17, 15) is 13.2 Å². The van der Waals surface area contributed by atoms with Crippen LogP contribution in [0.15, 0.2) is 6.20 Å². The number of hydrogen-bond donors (Lipinski definition) is 1. The Morgan fingerprint density at radius 1 is 1.35 bits per heavy atom. The molecule has 1 rings (SSSR count). The second-order valence-corrected chi connectivity index (χ2v) is 3.91. The molecule has 3 nitrogen and oxygen atoms in total. The Kier molecular flexibility index (Phi) is 4.56. The van der Waals surface area contributed by atoms with Gasteiger partial charge in [-0.2, -0.15) is 13.2 Å². The van der Waals surface area contributed by atoms with Gasteiger partial charge in [-0.05, 0) is 12.8 Å². The molecule has 0 radical (unpaired) electrons. The first kappa shape index (κ1) is 14.0. The average Bonchev–Trinajstić information content (AvgIpc) is 2.24. The number of anilines is 1. The summed E-state index contributed by atoms with van der Waals surface area (Å²) in [5.41, 5.74) is -1.02. The average molecular weight is 268 g/mol. The van der Waals surface area contributed by atoms with Gasteiger partial charge in [0.05, 0.1) is 0 Å². The third-order valence-corrected chi connectivity index (χ3v) is 2.65. The molecule has 1 heterocycles. The van der Waals surface area contributed by atoms with Gasteiger partial charge in [-0.3, -0.25) is 0 Å². The molecule has 0 atom stereocenters. The highest BCUT2D eigenvalue weighted by Crippen LogP contribution is 2.33. The molecule has 0 saturated carbocycles. The van der Waals surface area contributed by atoms with Crippen molar-refractivity contribution in [1.82, 2.24) is 9.97 Å². The molecule has 1 N–H and O–H groups in total. The van der Waals surface area contributed by atoms with Gasteiger partial charge in [0.1, 0.15) is 10.7 Å². The second-order valence-electron chi connectivity index (χ2n) is 3.55. The SMILES string of the molecule is CCC(CC)Nc1ncc(C(F)(F)F)c(Cl)n1. The quantitative estimate of drug-likeness (QED) is 0.845. The van der Waals surface area contributed by atoms with Crippen LogP contribution >= 0.6 is 11.6 Å². The normalized spacial score (nSPS) is 11.9. The predicted molar refractivity (Wildman–Crippen MR) is 60.0 cm³/mol. The summed E-state index contributed by atoms with van der Waals surface area (Å²) in [5, 5.41) is 2.34. The maximum Gasteiger partial charge on any atom is 0.420 e. The van der Waals surface area contributed by atoms with Crippen LogP contribution in [0.4, 0.5) is 19.1 Å². The van der Waals surface area contributed by atoms with Gasteiger partial charge in [0.15, 0.2) is 0 Å². The summed E-state index contributed by atoms with van der Waals surface area (Å²) in [6, 6.07) is 0.128. The van der Waals surface area contributed by atoms with Gasteiger partial charge in [-0.15, -0.1) is 0 Å². The predicted octanol–water partition coefficient (Wildman–Crippen LogP) is 3.75. The van der Waals surface area contributed by atoms with Gasteiger partial charge in [0.25, 0.3) is 0 Å². The van der Waals surface area contributed by atoms with E-state index in [1.54, 1.807) is 0 Å². The monoisotopic (exact) mass is 267 g/mol. The van der Waals surface area contributed by atoms with Gasteiger partial charge in [0, 0.05) is 12.2 Å². The minimum atomic E-state index is -4.52. The third kappa shape index (κ3) is 3.73. The molecule has 17 heavy (non-hydrogen) atoms. The minimum absolute atomic E-state index is 0.122. The number of rotatable bonds is 4. The molecule has 0 aliphatic heterocycles. The zero-order valence-electron chi connectivity index (χ0n) is 9.48. The van der Waals surface area contributed by atoms with Gasteiger partial charge in [0.2, 0.25) is 5.95 Å². The van der Waals surface area contributed by atoms with E-state index in [0.29, 0.717) is 6.20 Å². The molecule has 0 aromatic carbocycles. The number of nitrogens with zero attached hydrogens (tertiary/aromatic N) is 2. The fraction of sp³-hybridized carbons (Fsp3) is 0.600. The Morgan fingerprint density at radius 2 is 1.94 bits per heavy atom. The summed E-state index contributed by atoms with van der Waals surface area (Å²) in [4.78, 5) is 7.21. The van der Waals surface area contributed by atoms with Crippen LogP contribution in [-0.4, -0.2) is 16.0 Å². The van der Waals surface area contributed by atoms with Gasteiger partial charge < -0.3 is 5.32 Å². The van der Waals surface area contributed by atoms with Crippen LogP contribution in [0.1, 0.15) is 32.3 Å². The minimum Gasteiger partial charge on any atom is -0.351 e. The zero-order chi connectivity index (χ0) is 13.1. The molecule has 7 heteroatoms. The lowest BCUT2D eigenvalue weighted by Crippen LogP contribution is -2.19. The molecular weight excluding hydrogens is 255 g/mol. The van der Waals surface area contributed by atoms with Crippen molar-refractivity contribution < 1.29 is 13.2 Å². The van der Waals surface area contributed by atoms with E-state index in [1.807, 2.05) is 13.8 Å². The summed E-state index contributed by atoms with van der Waals surface area (Å²) in [6.07, 6.45) is -2.17. The smallest absolute Gasteiger partial charge is 0.351 e. The van der Waals surface area contributed by atoms with Crippen LogP contribution in [-0.2, 0) is 6.18 Å². The first-order valence-corrected chi connectivity index (χ1v) is 5.62. The number of alkyl halides is 3. The van der Waals surface area contributed by atoms with Crippen molar-refractivity contribution in [3.8, 4) is 0 Å². The van der Waals surface area contributed by atoms with Crippen LogP contribution in [0, 0.1) is 0 Å². The summed E-state index contributed by atoms with van der Waals surface area (Å²) in [5.74, 6) is 0.122. The van der Waals surface area contributed by atoms with Gasteiger partial charge in [-0.25, -0.2) is 9.97 Å². The van der Waals surface area contributed by atoms with E-state index in [0.717, 1.165) is 12.8 Å². The molecule has 1 aromatic heterocycles. The van der Waals surface area contributed by atoms with Crippen molar-refractivity contribution in [2.75, 3.05) is 5.32 Å². The van der Waals surface area contributed by atoms with Crippen molar-refractivity contribution in [3.63, 3.8) is 0 Å².